The number of rotatable bonds is 10. The van der Waals surface area contributed by atoms with Crippen LogP contribution in [0.4, 0.5) is 11.4 Å². The van der Waals surface area contributed by atoms with E-state index in [4.69, 9.17) is 11.6 Å². The van der Waals surface area contributed by atoms with Crippen molar-refractivity contribution in [1.82, 2.24) is 5.32 Å². The van der Waals surface area contributed by atoms with E-state index in [1.807, 2.05) is 0 Å². The molecule has 0 aliphatic carbocycles. The van der Waals surface area contributed by atoms with Crippen LogP contribution in [0.25, 0.3) is 6.08 Å². The minimum Gasteiger partial charge on any atom is -0.321 e. The molecule has 4 aromatic carbocycles. The lowest BCUT2D eigenvalue weighted by molar-refractivity contribution is -0.384. The molecule has 4 aromatic rings. The molecule has 8 nitrogen and oxygen atoms in total. The van der Waals surface area contributed by atoms with Crippen LogP contribution in [0.1, 0.15) is 26.3 Å². The molecule has 0 saturated carbocycles. The Hall–Kier alpha value is -4.73. The van der Waals surface area contributed by atoms with E-state index >= 15 is 0 Å². The number of amides is 2. The van der Waals surface area contributed by atoms with Crippen molar-refractivity contribution in [3.63, 3.8) is 0 Å². The van der Waals surface area contributed by atoms with E-state index in [-0.39, 0.29) is 22.9 Å². The normalized spacial score (nSPS) is 11.0. The van der Waals surface area contributed by atoms with E-state index in [2.05, 4.69) is 10.6 Å². The maximum absolute atomic E-state index is 13.2. The number of Topliss-reactive ketones (excluding diaryl/α,β-unsaturated/α-hetero) is 1. The molecule has 0 aromatic heterocycles. The quantitative estimate of drug-likeness (QED) is 0.0724. The van der Waals surface area contributed by atoms with Crippen LogP contribution < -0.4 is 10.6 Å². The monoisotopic (exact) mass is 571 g/mol. The fourth-order valence-corrected chi connectivity index (χ4v) is 4.57. The first-order valence-electron chi connectivity index (χ1n) is 11.9. The molecule has 0 aliphatic rings. The highest BCUT2D eigenvalue weighted by atomic mass is 35.5. The lowest BCUT2D eigenvalue weighted by atomic mass is 10.1. The molecule has 0 fully saturated rings. The first kappa shape index (κ1) is 28.3. The Kier molecular flexibility index (Phi) is 9.45. The number of thioether (sulfide) groups is 1. The molecule has 40 heavy (non-hydrogen) atoms. The number of hydrogen-bond donors (Lipinski definition) is 2. The smallest absolute Gasteiger partial charge is 0.272 e. The Morgan fingerprint density at radius 2 is 1.50 bits per heavy atom. The van der Waals surface area contributed by atoms with Crippen LogP contribution in [0.5, 0.6) is 0 Å². The second kappa shape index (κ2) is 13.4. The fraction of sp³-hybridized carbons (Fsp3) is 0.0333. The van der Waals surface area contributed by atoms with Crippen molar-refractivity contribution in [2.24, 2.45) is 0 Å². The van der Waals surface area contributed by atoms with Crippen LogP contribution >= 0.6 is 23.4 Å². The average Bonchev–Trinajstić information content (AvgIpc) is 2.97. The van der Waals surface area contributed by atoms with Crippen molar-refractivity contribution >= 4 is 58.4 Å². The molecule has 0 unspecified atom stereocenters. The summed E-state index contributed by atoms with van der Waals surface area (Å²) >= 11 is 7.44. The third kappa shape index (κ3) is 7.66. The maximum atomic E-state index is 13.2. The highest BCUT2D eigenvalue weighted by Gasteiger charge is 2.16. The van der Waals surface area contributed by atoms with Gasteiger partial charge in [0.1, 0.15) is 5.70 Å². The maximum Gasteiger partial charge on any atom is 0.272 e. The molecule has 2 N–H and O–H groups in total. The van der Waals surface area contributed by atoms with Crippen LogP contribution in [0.3, 0.4) is 0 Å². The number of non-ortho nitro benzene ring substituents is 1. The number of carbonyl (C=O) groups is 3. The van der Waals surface area contributed by atoms with Crippen LogP contribution in [0.2, 0.25) is 5.02 Å². The molecule has 0 radical (unpaired) electrons. The highest BCUT2D eigenvalue weighted by Crippen LogP contribution is 2.24. The number of carbonyl (C=O) groups excluding carboxylic acids is 3. The summed E-state index contributed by atoms with van der Waals surface area (Å²) in [5.41, 5.74) is 1.63. The molecule has 0 bridgehead atoms. The Balaban J connectivity index is 1.46. The predicted octanol–water partition coefficient (Wildman–Crippen LogP) is 6.63. The zero-order valence-electron chi connectivity index (χ0n) is 20.9. The first-order chi connectivity index (χ1) is 19.3. The summed E-state index contributed by atoms with van der Waals surface area (Å²) in [7, 11) is 0. The van der Waals surface area contributed by atoms with Gasteiger partial charge < -0.3 is 10.6 Å². The molecule has 2 amide bonds. The Bertz CT molecular complexity index is 1570. The molecular formula is C30H22ClN3O5S. The fourth-order valence-electron chi connectivity index (χ4n) is 3.55. The van der Waals surface area contributed by atoms with E-state index in [0.717, 1.165) is 4.90 Å². The van der Waals surface area contributed by atoms with Gasteiger partial charge in [-0.1, -0.05) is 41.9 Å². The molecule has 0 saturated heterocycles. The van der Waals surface area contributed by atoms with E-state index < -0.39 is 16.7 Å². The highest BCUT2D eigenvalue weighted by molar-refractivity contribution is 8.00. The summed E-state index contributed by atoms with van der Waals surface area (Å²) in [6.45, 7) is 0. The largest absolute Gasteiger partial charge is 0.321 e. The van der Waals surface area contributed by atoms with Crippen LogP contribution in [-0.4, -0.2) is 28.3 Å². The lowest BCUT2D eigenvalue weighted by Gasteiger charge is -2.12. The second-order valence-corrected chi connectivity index (χ2v) is 9.85. The number of benzene rings is 4. The van der Waals surface area contributed by atoms with E-state index in [1.54, 1.807) is 78.9 Å². The minimum atomic E-state index is -0.586. The molecule has 0 atom stereocenters. The molecule has 0 heterocycles. The topological polar surface area (TPSA) is 118 Å². The first-order valence-corrected chi connectivity index (χ1v) is 13.3. The van der Waals surface area contributed by atoms with Gasteiger partial charge in [-0.05, 0) is 72.3 Å². The van der Waals surface area contributed by atoms with Gasteiger partial charge in [0.15, 0.2) is 5.78 Å². The molecule has 0 spiro atoms. The summed E-state index contributed by atoms with van der Waals surface area (Å²) in [6, 6.07) is 27.8. The third-order valence-electron chi connectivity index (χ3n) is 5.60. The van der Waals surface area contributed by atoms with E-state index in [9.17, 15) is 24.5 Å². The third-order valence-corrected chi connectivity index (χ3v) is 6.94. The number of nitrogens with zero attached hydrogens (tertiary/aromatic N) is 1. The van der Waals surface area contributed by atoms with Crippen LogP contribution in [0.15, 0.2) is 114 Å². The van der Waals surface area contributed by atoms with Gasteiger partial charge >= 0.3 is 0 Å². The number of ketones is 1. The van der Waals surface area contributed by atoms with Crippen molar-refractivity contribution < 1.29 is 19.3 Å². The summed E-state index contributed by atoms with van der Waals surface area (Å²) in [4.78, 5) is 49.7. The van der Waals surface area contributed by atoms with Gasteiger partial charge in [-0.15, -0.1) is 11.8 Å². The molecule has 4 rings (SSSR count). The number of halogens is 1. The lowest BCUT2D eigenvalue weighted by Crippen LogP contribution is -2.30. The number of nitrogens with one attached hydrogen (secondary N) is 2. The molecular weight excluding hydrogens is 550 g/mol. The summed E-state index contributed by atoms with van der Waals surface area (Å²) in [5.74, 6) is -0.970. The van der Waals surface area contributed by atoms with Crippen molar-refractivity contribution in [3.05, 3.63) is 141 Å². The minimum absolute atomic E-state index is 0.0495. The van der Waals surface area contributed by atoms with Gasteiger partial charge in [0.25, 0.3) is 17.5 Å². The standard InChI is InChI=1S/C30H22ClN3O5S/c31-26-9-5-4-8-25(26)28(35)19-40-24-16-12-22(13-17-24)32-30(37)27(33-29(36)21-6-2-1-3-7-21)18-20-10-14-23(15-11-20)34(38)39/h1-18H,19H2,(H,32,37)(H,33,36)/b27-18-. The summed E-state index contributed by atoms with van der Waals surface area (Å²) in [5, 5.41) is 16.8. The number of nitro benzene ring substituents is 1. The van der Waals surface area contributed by atoms with Gasteiger partial charge in [0, 0.05) is 33.8 Å². The average molecular weight is 572 g/mol. The molecule has 200 valence electrons. The van der Waals surface area contributed by atoms with Crippen LogP contribution in [-0.2, 0) is 4.79 Å². The predicted molar refractivity (Wildman–Crippen MR) is 157 cm³/mol. The summed E-state index contributed by atoms with van der Waals surface area (Å²) in [6.07, 6.45) is 1.43. The van der Waals surface area contributed by atoms with Gasteiger partial charge in [-0.25, -0.2) is 0 Å². The van der Waals surface area contributed by atoms with Gasteiger partial charge in [0.05, 0.1) is 15.7 Å². The summed E-state index contributed by atoms with van der Waals surface area (Å²) < 4.78 is 0. The zero-order valence-corrected chi connectivity index (χ0v) is 22.4. The van der Waals surface area contributed by atoms with Crippen LogP contribution in [0, 0.1) is 10.1 Å². The van der Waals surface area contributed by atoms with Crippen molar-refractivity contribution in [2.75, 3.05) is 11.1 Å². The van der Waals surface area contributed by atoms with Crippen molar-refractivity contribution in [2.45, 2.75) is 4.90 Å². The SMILES string of the molecule is O=C(Nc1ccc(SCC(=O)c2ccccc2Cl)cc1)/C(=C/c1ccc([N+](=O)[O-])cc1)NC(=O)c1ccccc1. The Labute approximate surface area is 239 Å². The van der Waals surface area contributed by atoms with E-state index in [1.165, 1.54) is 42.1 Å². The van der Waals surface area contributed by atoms with Crippen molar-refractivity contribution in [1.29, 1.82) is 0 Å². The molecule has 10 heteroatoms. The Morgan fingerprint density at radius 1 is 0.850 bits per heavy atom. The number of anilines is 1. The Morgan fingerprint density at radius 3 is 2.15 bits per heavy atom. The number of hydrogen-bond acceptors (Lipinski definition) is 6. The second-order valence-electron chi connectivity index (χ2n) is 8.40. The zero-order chi connectivity index (χ0) is 28.5. The number of nitro groups is 1. The molecule has 0 aliphatic heterocycles. The van der Waals surface area contributed by atoms with Gasteiger partial charge in [0.2, 0.25) is 0 Å². The van der Waals surface area contributed by atoms with Crippen molar-refractivity contribution in [3.8, 4) is 0 Å². The van der Waals surface area contributed by atoms with E-state index in [0.29, 0.717) is 27.4 Å². The van der Waals surface area contributed by atoms with Gasteiger partial charge in [-0.3, -0.25) is 24.5 Å². The van der Waals surface area contributed by atoms with Gasteiger partial charge in [-0.2, -0.15) is 0 Å².